The van der Waals surface area contributed by atoms with Crippen LogP contribution in [-0.2, 0) is 4.74 Å². The molecule has 0 N–H and O–H groups in total. The van der Waals surface area contributed by atoms with E-state index in [4.69, 9.17) is 0 Å². The zero-order chi connectivity index (χ0) is 13.0. The van der Waals surface area contributed by atoms with E-state index < -0.39 is 44.3 Å². The summed E-state index contributed by atoms with van der Waals surface area (Å²) in [5.41, 5.74) is 0. The SMILES string of the molecule is FC(F)(F)CCCOC(F)(F)CC(F)(F)F. The maximum absolute atomic E-state index is 12.3. The van der Waals surface area contributed by atoms with E-state index in [1.165, 1.54) is 0 Å². The molecular formula is C7H8F8O. The summed E-state index contributed by atoms with van der Waals surface area (Å²) in [6, 6.07) is 0. The Hall–Kier alpha value is -0.600. The van der Waals surface area contributed by atoms with Crippen LogP contribution < -0.4 is 0 Å². The van der Waals surface area contributed by atoms with Gasteiger partial charge in [-0.3, -0.25) is 0 Å². The van der Waals surface area contributed by atoms with Gasteiger partial charge in [-0.1, -0.05) is 0 Å². The van der Waals surface area contributed by atoms with Crippen LogP contribution in [0.2, 0.25) is 0 Å². The van der Waals surface area contributed by atoms with Gasteiger partial charge in [-0.25, -0.2) is 0 Å². The molecule has 0 aliphatic rings. The van der Waals surface area contributed by atoms with Gasteiger partial charge in [0.1, 0.15) is 6.42 Å². The maximum Gasteiger partial charge on any atom is 0.397 e. The van der Waals surface area contributed by atoms with Gasteiger partial charge in [0.15, 0.2) is 0 Å². The molecule has 1 nitrogen and oxygen atoms in total. The molecule has 98 valence electrons. The second kappa shape index (κ2) is 5.15. The lowest BCUT2D eigenvalue weighted by Crippen LogP contribution is -2.29. The molecule has 0 aliphatic carbocycles. The molecular weight excluding hydrogens is 252 g/mol. The van der Waals surface area contributed by atoms with Crippen LogP contribution in [0.1, 0.15) is 19.3 Å². The summed E-state index contributed by atoms with van der Waals surface area (Å²) in [7, 11) is 0. The maximum atomic E-state index is 12.3. The molecule has 0 radical (unpaired) electrons. The van der Waals surface area contributed by atoms with Crippen molar-refractivity contribution in [3.05, 3.63) is 0 Å². The fraction of sp³-hybridized carbons (Fsp3) is 1.00. The molecule has 0 aliphatic heterocycles. The van der Waals surface area contributed by atoms with E-state index >= 15 is 0 Å². The van der Waals surface area contributed by atoms with E-state index in [-0.39, 0.29) is 0 Å². The second-order valence-electron chi connectivity index (χ2n) is 3.00. The van der Waals surface area contributed by atoms with E-state index in [1.807, 2.05) is 0 Å². The van der Waals surface area contributed by atoms with E-state index in [0.717, 1.165) is 0 Å². The molecule has 0 saturated carbocycles. The number of halogens is 8. The van der Waals surface area contributed by atoms with Crippen LogP contribution in [0.5, 0.6) is 0 Å². The minimum atomic E-state index is -5.13. The molecule has 0 aromatic heterocycles. The minimum Gasteiger partial charge on any atom is -0.320 e. The lowest BCUT2D eigenvalue weighted by molar-refractivity contribution is -0.294. The summed E-state index contributed by atoms with van der Waals surface area (Å²) in [4.78, 5) is 0. The van der Waals surface area contributed by atoms with Gasteiger partial charge >= 0.3 is 18.5 Å². The summed E-state index contributed by atoms with van der Waals surface area (Å²) < 4.78 is 97.2. The van der Waals surface area contributed by atoms with Crippen molar-refractivity contribution in [3.63, 3.8) is 0 Å². The van der Waals surface area contributed by atoms with Crippen LogP contribution in [-0.4, -0.2) is 25.1 Å². The molecule has 0 unspecified atom stereocenters. The molecule has 9 heteroatoms. The Kier molecular flexibility index (Phi) is 4.96. The Morgan fingerprint density at radius 3 is 1.62 bits per heavy atom. The highest BCUT2D eigenvalue weighted by atomic mass is 19.4. The van der Waals surface area contributed by atoms with Gasteiger partial charge in [0.05, 0.1) is 6.61 Å². The monoisotopic (exact) mass is 260 g/mol. The van der Waals surface area contributed by atoms with Crippen molar-refractivity contribution in [3.8, 4) is 0 Å². The Bertz CT molecular complexity index is 205. The van der Waals surface area contributed by atoms with E-state index in [0.29, 0.717) is 0 Å². The third-order valence-corrected chi connectivity index (χ3v) is 1.32. The molecule has 0 aromatic rings. The second-order valence-corrected chi connectivity index (χ2v) is 3.00. The largest absolute Gasteiger partial charge is 0.397 e. The van der Waals surface area contributed by atoms with Crippen molar-refractivity contribution in [2.24, 2.45) is 0 Å². The summed E-state index contributed by atoms with van der Waals surface area (Å²) >= 11 is 0. The Morgan fingerprint density at radius 1 is 0.750 bits per heavy atom. The Labute approximate surface area is 85.4 Å². The van der Waals surface area contributed by atoms with Crippen molar-refractivity contribution < 1.29 is 39.9 Å². The van der Waals surface area contributed by atoms with Gasteiger partial charge in [0.25, 0.3) is 0 Å². The van der Waals surface area contributed by atoms with Crippen molar-refractivity contribution >= 4 is 0 Å². The molecule has 0 bridgehead atoms. The van der Waals surface area contributed by atoms with Crippen LogP contribution in [0.25, 0.3) is 0 Å². The average Bonchev–Trinajstić information content (AvgIpc) is 1.91. The number of alkyl halides is 8. The molecule has 0 heterocycles. The molecule has 0 atom stereocenters. The van der Waals surface area contributed by atoms with Crippen LogP contribution in [0.3, 0.4) is 0 Å². The fourth-order valence-corrected chi connectivity index (χ4v) is 0.778. The zero-order valence-corrected chi connectivity index (χ0v) is 7.76. The van der Waals surface area contributed by atoms with Crippen molar-refractivity contribution in [2.45, 2.75) is 37.7 Å². The van der Waals surface area contributed by atoms with Crippen LogP contribution in [0.4, 0.5) is 35.1 Å². The fourth-order valence-electron chi connectivity index (χ4n) is 0.778. The summed E-state index contributed by atoms with van der Waals surface area (Å²) in [6.45, 7) is -1.08. The van der Waals surface area contributed by atoms with Gasteiger partial charge in [0.2, 0.25) is 0 Å². The summed E-state index contributed by atoms with van der Waals surface area (Å²) in [5.74, 6) is 0. The number of rotatable bonds is 5. The quantitative estimate of drug-likeness (QED) is 0.538. The highest BCUT2D eigenvalue weighted by molar-refractivity contribution is 4.61. The first-order valence-corrected chi connectivity index (χ1v) is 4.07. The van der Waals surface area contributed by atoms with Gasteiger partial charge < -0.3 is 4.74 Å². The van der Waals surface area contributed by atoms with Crippen molar-refractivity contribution in [1.82, 2.24) is 0 Å². The third kappa shape index (κ3) is 9.94. The molecule has 0 aromatic carbocycles. The Balaban J connectivity index is 3.83. The first-order valence-electron chi connectivity index (χ1n) is 4.07. The lowest BCUT2D eigenvalue weighted by atomic mass is 10.3. The summed E-state index contributed by atoms with van der Waals surface area (Å²) in [6.07, 6.45) is -18.8. The first kappa shape index (κ1) is 15.4. The minimum absolute atomic E-state index is 0.809. The molecule has 0 saturated heterocycles. The molecule has 0 spiro atoms. The van der Waals surface area contributed by atoms with Crippen LogP contribution >= 0.6 is 0 Å². The Morgan fingerprint density at radius 2 is 1.25 bits per heavy atom. The predicted molar refractivity (Wildman–Crippen MR) is 36.9 cm³/mol. The number of hydrogen-bond donors (Lipinski definition) is 0. The van der Waals surface area contributed by atoms with Gasteiger partial charge in [-0.2, -0.15) is 35.1 Å². The van der Waals surface area contributed by atoms with Gasteiger partial charge in [-0.15, -0.1) is 0 Å². The van der Waals surface area contributed by atoms with E-state index in [9.17, 15) is 35.1 Å². The first-order chi connectivity index (χ1) is 6.91. The molecule has 0 fully saturated rings. The molecule has 0 rings (SSSR count). The normalized spacial score (nSPS) is 14.2. The standard InChI is InChI=1S/C7H8F8O/c8-5(9,10)2-1-3-16-7(14,15)4-6(11,12)13/h1-4H2. The van der Waals surface area contributed by atoms with Crippen LogP contribution in [0, 0.1) is 0 Å². The predicted octanol–water partition coefficient (Wildman–Crippen LogP) is 3.89. The molecule has 0 amide bonds. The van der Waals surface area contributed by atoms with E-state index in [2.05, 4.69) is 4.74 Å². The lowest BCUT2D eigenvalue weighted by Gasteiger charge is -2.18. The molecule has 16 heavy (non-hydrogen) atoms. The summed E-state index contributed by atoms with van der Waals surface area (Å²) in [5, 5.41) is 0. The van der Waals surface area contributed by atoms with Crippen molar-refractivity contribution in [2.75, 3.05) is 6.61 Å². The smallest absolute Gasteiger partial charge is 0.320 e. The zero-order valence-electron chi connectivity index (χ0n) is 7.76. The van der Waals surface area contributed by atoms with Gasteiger partial charge in [0, 0.05) is 6.42 Å². The topological polar surface area (TPSA) is 9.23 Å². The van der Waals surface area contributed by atoms with Crippen molar-refractivity contribution in [1.29, 1.82) is 0 Å². The highest BCUT2D eigenvalue weighted by Gasteiger charge is 2.44. The number of ether oxygens (including phenoxy) is 1. The third-order valence-electron chi connectivity index (χ3n) is 1.32. The highest BCUT2D eigenvalue weighted by Crippen LogP contribution is 2.32. The van der Waals surface area contributed by atoms with Gasteiger partial charge in [-0.05, 0) is 6.42 Å². The van der Waals surface area contributed by atoms with Crippen LogP contribution in [0.15, 0.2) is 0 Å². The van der Waals surface area contributed by atoms with E-state index in [1.54, 1.807) is 0 Å². The average molecular weight is 260 g/mol. The number of hydrogen-bond acceptors (Lipinski definition) is 1.